The van der Waals surface area contributed by atoms with E-state index in [1.165, 1.54) is 0 Å². The summed E-state index contributed by atoms with van der Waals surface area (Å²) in [4.78, 5) is 28.5. The molecule has 0 spiro atoms. The Morgan fingerprint density at radius 2 is 1.97 bits per heavy atom. The quantitative estimate of drug-likeness (QED) is 0.554. The van der Waals surface area contributed by atoms with Crippen LogP contribution in [0.4, 0.5) is 0 Å². The Morgan fingerprint density at radius 3 is 2.68 bits per heavy atom. The molecular formula is C23H27N5O3. The minimum atomic E-state index is -0.159. The number of carbonyl (C=O) groups excluding carboxylic acids is 2. The van der Waals surface area contributed by atoms with Crippen LogP contribution in [-0.4, -0.2) is 45.8 Å². The average Bonchev–Trinajstić information content (AvgIpc) is 3.47. The highest BCUT2D eigenvalue weighted by Crippen LogP contribution is 2.19. The summed E-state index contributed by atoms with van der Waals surface area (Å²) in [6.45, 7) is 4.62. The van der Waals surface area contributed by atoms with Crippen molar-refractivity contribution in [2.45, 2.75) is 45.2 Å². The van der Waals surface area contributed by atoms with E-state index >= 15 is 0 Å². The molecule has 2 amide bonds. The summed E-state index contributed by atoms with van der Waals surface area (Å²) in [5.41, 5.74) is 2.37. The second-order valence-electron chi connectivity index (χ2n) is 8.10. The van der Waals surface area contributed by atoms with Crippen molar-refractivity contribution < 1.29 is 14.3 Å². The van der Waals surface area contributed by atoms with Crippen molar-refractivity contribution in [1.82, 2.24) is 25.4 Å². The molecule has 1 aliphatic carbocycles. The van der Waals surface area contributed by atoms with Crippen LogP contribution in [0.5, 0.6) is 5.75 Å². The highest BCUT2D eigenvalue weighted by atomic mass is 16.5. The summed E-state index contributed by atoms with van der Waals surface area (Å²) in [5.74, 6) is 0.409. The highest BCUT2D eigenvalue weighted by Gasteiger charge is 2.23. The summed E-state index contributed by atoms with van der Waals surface area (Å²) in [5, 5.41) is 11.0. The predicted molar refractivity (Wildman–Crippen MR) is 117 cm³/mol. The van der Waals surface area contributed by atoms with Gasteiger partial charge in [-0.2, -0.15) is 5.10 Å². The normalized spacial score (nSPS) is 13.4. The molecule has 0 unspecified atom stereocenters. The lowest BCUT2D eigenvalue weighted by Gasteiger charge is -2.09. The van der Waals surface area contributed by atoms with E-state index in [4.69, 9.17) is 4.74 Å². The lowest BCUT2D eigenvalue weighted by molar-refractivity contribution is -0.123. The third kappa shape index (κ3) is 5.39. The fourth-order valence-corrected chi connectivity index (χ4v) is 3.26. The van der Waals surface area contributed by atoms with Gasteiger partial charge in [0.15, 0.2) is 12.3 Å². The number of hydrogen-bond acceptors (Lipinski definition) is 5. The van der Waals surface area contributed by atoms with Gasteiger partial charge in [-0.25, -0.2) is 9.67 Å². The van der Waals surface area contributed by atoms with E-state index < -0.39 is 0 Å². The summed E-state index contributed by atoms with van der Waals surface area (Å²) in [7, 11) is 0. The maximum atomic E-state index is 12.5. The number of aromatic nitrogens is 3. The molecule has 2 heterocycles. The van der Waals surface area contributed by atoms with Gasteiger partial charge in [-0.15, -0.1) is 0 Å². The van der Waals surface area contributed by atoms with Gasteiger partial charge in [0, 0.05) is 30.2 Å². The van der Waals surface area contributed by atoms with Gasteiger partial charge in [0.2, 0.25) is 0 Å². The van der Waals surface area contributed by atoms with Gasteiger partial charge in [0.05, 0.1) is 11.8 Å². The summed E-state index contributed by atoms with van der Waals surface area (Å²) < 4.78 is 7.35. The maximum Gasteiger partial charge on any atom is 0.258 e. The van der Waals surface area contributed by atoms with Gasteiger partial charge in [0.1, 0.15) is 5.75 Å². The van der Waals surface area contributed by atoms with Crippen molar-refractivity contribution in [1.29, 1.82) is 0 Å². The molecule has 31 heavy (non-hydrogen) atoms. The molecule has 2 N–H and O–H groups in total. The standard InChI is InChI=1S/C23H27N5O3/c1-15(2)28-22-17(13-26-28)11-18(12-25-22)23(30)24-10-9-16-3-7-20(8-4-16)31-14-21(29)27-19-5-6-19/h3-4,7-8,11-13,15,19H,5-6,9-10,14H2,1-2H3,(H,24,30)(H,27,29). The Balaban J connectivity index is 1.24. The van der Waals surface area contributed by atoms with Crippen LogP contribution in [0.2, 0.25) is 0 Å². The van der Waals surface area contributed by atoms with Crippen LogP contribution in [0, 0.1) is 0 Å². The van der Waals surface area contributed by atoms with Crippen molar-refractivity contribution in [3.63, 3.8) is 0 Å². The predicted octanol–water partition coefficient (Wildman–Crippen LogP) is 2.64. The largest absolute Gasteiger partial charge is 0.484 e. The molecule has 1 saturated carbocycles. The number of rotatable bonds is 9. The minimum Gasteiger partial charge on any atom is -0.484 e. The number of carbonyl (C=O) groups is 2. The molecule has 1 aromatic carbocycles. The van der Waals surface area contributed by atoms with Gasteiger partial charge in [-0.05, 0) is 56.9 Å². The molecule has 2 aromatic heterocycles. The highest BCUT2D eigenvalue weighted by molar-refractivity contribution is 5.96. The lowest BCUT2D eigenvalue weighted by atomic mass is 10.1. The van der Waals surface area contributed by atoms with E-state index in [-0.39, 0.29) is 24.5 Å². The first-order valence-corrected chi connectivity index (χ1v) is 10.6. The fraction of sp³-hybridized carbons (Fsp3) is 0.391. The zero-order valence-electron chi connectivity index (χ0n) is 17.8. The number of fused-ring (bicyclic) bond motifs is 1. The Labute approximate surface area is 181 Å². The van der Waals surface area contributed by atoms with Crippen LogP contribution in [0.1, 0.15) is 48.7 Å². The van der Waals surface area contributed by atoms with E-state index in [0.29, 0.717) is 30.3 Å². The van der Waals surface area contributed by atoms with E-state index in [1.54, 1.807) is 12.4 Å². The number of nitrogens with zero attached hydrogens (tertiary/aromatic N) is 3. The number of pyridine rings is 1. The fourth-order valence-electron chi connectivity index (χ4n) is 3.26. The van der Waals surface area contributed by atoms with E-state index in [0.717, 1.165) is 29.4 Å². The Kier molecular flexibility index (Phi) is 6.16. The van der Waals surface area contributed by atoms with Crippen LogP contribution in [0.3, 0.4) is 0 Å². The molecule has 1 fully saturated rings. The van der Waals surface area contributed by atoms with E-state index in [1.807, 2.05) is 48.9 Å². The van der Waals surface area contributed by atoms with Gasteiger partial charge >= 0.3 is 0 Å². The zero-order valence-corrected chi connectivity index (χ0v) is 17.8. The molecule has 8 heteroatoms. The Hall–Kier alpha value is -3.42. The third-order valence-electron chi connectivity index (χ3n) is 5.12. The first-order chi connectivity index (χ1) is 15.0. The van der Waals surface area contributed by atoms with Crippen molar-refractivity contribution in [3.05, 3.63) is 53.9 Å². The van der Waals surface area contributed by atoms with Crippen molar-refractivity contribution in [3.8, 4) is 5.75 Å². The SMILES string of the molecule is CC(C)n1ncc2cc(C(=O)NCCc3ccc(OCC(=O)NC4CC4)cc3)cnc21. The maximum absolute atomic E-state index is 12.5. The summed E-state index contributed by atoms with van der Waals surface area (Å²) in [6, 6.07) is 9.92. The molecule has 0 aliphatic heterocycles. The number of hydrogen-bond donors (Lipinski definition) is 2. The number of nitrogens with one attached hydrogen (secondary N) is 2. The third-order valence-corrected chi connectivity index (χ3v) is 5.12. The smallest absolute Gasteiger partial charge is 0.258 e. The van der Waals surface area contributed by atoms with E-state index in [2.05, 4.69) is 20.7 Å². The first-order valence-electron chi connectivity index (χ1n) is 10.6. The molecule has 4 rings (SSSR count). The molecule has 3 aromatic rings. The molecular weight excluding hydrogens is 394 g/mol. The summed E-state index contributed by atoms with van der Waals surface area (Å²) >= 11 is 0. The van der Waals surface area contributed by atoms with Crippen LogP contribution in [0.25, 0.3) is 11.0 Å². The monoisotopic (exact) mass is 421 g/mol. The zero-order chi connectivity index (χ0) is 21.8. The number of benzene rings is 1. The number of ether oxygens (including phenoxy) is 1. The average molecular weight is 422 g/mol. The Morgan fingerprint density at radius 1 is 1.19 bits per heavy atom. The molecule has 1 aliphatic rings. The van der Waals surface area contributed by atoms with Crippen LogP contribution in [0.15, 0.2) is 42.7 Å². The van der Waals surface area contributed by atoms with Gasteiger partial charge in [0.25, 0.3) is 11.8 Å². The van der Waals surface area contributed by atoms with Crippen LogP contribution in [-0.2, 0) is 11.2 Å². The van der Waals surface area contributed by atoms with Crippen LogP contribution < -0.4 is 15.4 Å². The van der Waals surface area contributed by atoms with Crippen molar-refractivity contribution >= 4 is 22.8 Å². The lowest BCUT2D eigenvalue weighted by Crippen LogP contribution is -2.30. The molecule has 162 valence electrons. The second-order valence-corrected chi connectivity index (χ2v) is 8.10. The molecule has 0 bridgehead atoms. The molecule has 0 saturated heterocycles. The summed E-state index contributed by atoms with van der Waals surface area (Å²) in [6.07, 6.45) is 6.13. The second kappa shape index (κ2) is 9.16. The van der Waals surface area contributed by atoms with Crippen molar-refractivity contribution in [2.24, 2.45) is 0 Å². The number of amides is 2. The first kappa shape index (κ1) is 20.8. The Bertz CT molecular complexity index is 1070. The topological polar surface area (TPSA) is 98.1 Å². The molecule has 0 radical (unpaired) electrons. The van der Waals surface area contributed by atoms with Gasteiger partial charge in [-0.1, -0.05) is 12.1 Å². The molecule has 8 nitrogen and oxygen atoms in total. The van der Waals surface area contributed by atoms with Crippen molar-refractivity contribution in [2.75, 3.05) is 13.2 Å². The minimum absolute atomic E-state index is 0.0281. The van der Waals surface area contributed by atoms with Gasteiger partial charge < -0.3 is 15.4 Å². The van der Waals surface area contributed by atoms with Gasteiger partial charge in [-0.3, -0.25) is 9.59 Å². The van der Waals surface area contributed by atoms with Crippen LogP contribution >= 0.6 is 0 Å². The van der Waals surface area contributed by atoms with E-state index in [9.17, 15) is 9.59 Å². The molecule has 0 atom stereocenters.